The number of hydrogen-bond acceptors (Lipinski definition) is 4. The number of benzene rings is 1. The first-order chi connectivity index (χ1) is 14.3. The van der Waals surface area contributed by atoms with Crippen molar-refractivity contribution in [3.63, 3.8) is 0 Å². The predicted molar refractivity (Wildman–Crippen MR) is 128 cm³/mol. The number of fused-ring (bicyclic) bond motifs is 1. The van der Waals surface area contributed by atoms with Crippen molar-refractivity contribution in [3.05, 3.63) is 42.0 Å². The first kappa shape index (κ1) is 24.1. The van der Waals surface area contributed by atoms with Gasteiger partial charge in [-0.1, -0.05) is 45.9 Å². The first-order valence-corrected chi connectivity index (χ1v) is 14.5. The third kappa shape index (κ3) is 4.63. The number of rotatable bonds is 5. The van der Waals surface area contributed by atoms with Crippen LogP contribution < -0.4 is 4.43 Å². The van der Waals surface area contributed by atoms with E-state index in [2.05, 4.69) is 65.1 Å². The molecule has 0 heterocycles. The highest BCUT2D eigenvalue weighted by atomic mass is 28.4. The van der Waals surface area contributed by atoms with Gasteiger partial charge in [-0.15, -0.1) is 0 Å². The first-order valence-electron chi connectivity index (χ1n) is 11.6. The minimum absolute atomic E-state index is 0.171. The average molecular weight is 445 g/mol. The third-order valence-corrected chi connectivity index (χ3v) is 12.9. The standard InChI is InChI=1S/C26H40O4Si/c1-24(2,3)31(6,7)30-22-11-8-19(9-12-22)20-14-16-25(4)21(10-13-23(27)29-5)15-17-26(25,28)18-20/h8-13,20-21,28H,14-18H2,1-7H3/b13-10+/t20-,21-,25+,26-/m0/s1. The normalized spacial score (nSPS) is 31.5. The van der Waals surface area contributed by atoms with E-state index in [1.54, 1.807) is 0 Å². The number of ether oxygens (including phenoxy) is 1. The number of allylic oxidation sites excluding steroid dienone is 1. The van der Waals surface area contributed by atoms with Crippen LogP contribution in [0.25, 0.3) is 0 Å². The zero-order valence-electron chi connectivity index (χ0n) is 20.3. The van der Waals surface area contributed by atoms with E-state index in [4.69, 9.17) is 9.16 Å². The summed E-state index contributed by atoms with van der Waals surface area (Å²) in [6.07, 6.45) is 7.94. The van der Waals surface area contributed by atoms with Gasteiger partial charge in [-0.3, -0.25) is 0 Å². The summed E-state index contributed by atoms with van der Waals surface area (Å²) in [6, 6.07) is 8.57. The van der Waals surface area contributed by atoms with Crippen LogP contribution in [-0.4, -0.2) is 32.1 Å². The Hall–Kier alpha value is -1.59. The van der Waals surface area contributed by atoms with E-state index in [0.29, 0.717) is 5.92 Å². The van der Waals surface area contributed by atoms with Crippen molar-refractivity contribution in [2.75, 3.05) is 7.11 Å². The maximum absolute atomic E-state index is 11.6. The Morgan fingerprint density at radius 3 is 2.39 bits per heavy atom. The van der Waals surface area contributed by atoms with Crippen LogP contribution in [0, 0.1) is 11.3 Å². The van der Waals surface area contributed by atoms with Gasteiger partial charge in [0.15, 0.2) is 0 Å². The second kappa shape index (κ2) is 8.40. The molecule has 4 atom stereocenters. The van der Waals surface area contributed by atoms with Crippen molar-refractivity contribution in [1.82, 2.24) is 0 Å². The highest BCUT2D eigenvalue weighted by molar-refractivity contribution is 6.74. The van der Waals surface area contributed by atoms with Gasteiger partial charge >= 0.3 is 5.97 Å². The molecule has 0 radical (unpaired) electrons. The van der Waals surface area contributed by atoms with Crippen molar-refractivity contribution < 1.29 is 19.1 Å². The molecule has 0 saturated heterocycles. The van der Waals surface area contributed by atoms with Crippen LogP contribution in [0.3, 0.4) is 0 Å². The summed E-state index contributed by atoms with van der Waals surface area (Å²) in [5.41, 5.74) is 0.392. The topological polar surface area (TPSA) is 55.8 Å². The number of carbonyl (C=O) groups is 1. The molecule has 1 aromatic rings. The fourth-order valence-electron chi connectivity index (χ4n) is 5.19. The van der Waals surface area contributed by atoms with Gasteiger partial charge in [0.2, 0.25) is 8.32 Å². The highest BCUT2D eigenvalue weighted by Gasteiger charge is 2.58. The molecule has 3 rings (SSSR count). The van der Waals surface area contributed by atoms with Crippen molar-refractivity contribution >= 4 is 14.3 Å². The monoisotopic (exact) mass is 444 g/mol. The van der Waals surface area contributed by atoms with E-state index in [-0.39, 0.29) is 22.3 Å². The van der Waals surface area contributed by atoms with Gasteiger partial charge in [0.1, 0.15) is 5.75 Å². The molecule has 172 valence electrons. The quantitative estimate of drug-likeness (QED) is 0.333. The Labute approximate surface area is 189 Å². The van der Waals surface area contributed by atoms with Crippen molar-refractivity contribution in [2.45, 2.75) is 89.5 Å². The van der Waals surface area contributed by atoms with Gasteiger partial charge in [0, 0.05) is 11.5 Å². The number of hydrogen-bond donors (Lipinski definition) is 1. The molecule has 0 unspecified atom stereocenters. The van der Waals surface area contributed by atoms with E-state index in [9.17, 15) is 9.90 Å². The van der Waals surface area contributed by atoms with Crippen LogP contribution in [-0.2, 0) is 9.53 Å². The Morgan fingerprint density at radius 2 is 1.81 bits per heavy atom. The Balaban J connectivity index is 1.71. The lowest BCUT2D eigenvalue weighted by atomic mass is 9.59. The zero-order chi connectivity index (χ0) is 23.1. The van der Waals surface area contributed by atoms with E-state index < -0.39 is 13.9 Å². The molecule has 31 heavy (non-hydrogen) atoms. The molecule has 0 bridgehead atoms. The predicted octanol–water partition coefficient (Wildman–Crippen LogP) is 6.21. The molecule has 0 aliphatic heterocycles. The highest BCUT2D eigenvalue weighted by Crippen LogP contribution is 2.61. The van der Waals surface area contributed by atoms with Crippen molar-refractivity contribution in [2.24, 2.45) is 11.3 Å². The lowest BCUT2D eigenvalue weighted by Crippen LogP contribution is -2.49. The van der Waals surface area contributed by atoms with E-state index in [1.165, 1.54) is 18.7 Å². The van der Waals surface area contributed by atoms with Crippen LogP contribution in [0.4, 0.5) is 0 Å². The molecule has 0 aromatic heterocycles. The van der Waals surface area contributed by atoms with Crippen molar-refractivity contribution in [1.29, 1.82) is 0 Å². The lowest BCUT2D eigenvalue weighted by molar-refractivity contribution is -0.135. The van der Waals surface area contributed by atoms with Crippen molar-refractivity contribution in [3.8, 4) is 5.75 Å². The van der Waals surface area contributed by atoms with E-state index >= 15 is 0 Å². The third-order valence-electron chi connectivity index (χ3n) is 8.54. The van der Waals surface area contributed by atoms with Crippen LogP contribution in [0.5, 0.6) is 5.75 Å². The molecule has 5 heteroatoms. The Bertz CT molecular complexity index is 823. The maximum atomic E-state index is 11.6. The van der Waals surface area contributed by atoms with Gasteiger partial charge in [-0.25, -0.2) is 4.79 Å². The molecule has 1 aromatic carbocycles. The van der Waals surface area contributed by atoms with Gasteiger partial charge in [-0.2, -0.15) is 0 Å². The summed E-state index contributed by atoms with van der Waals surface area (Å²) in [6.45, 7) is 13.5. The number of esters is 1. The average Bonchev–Trinajstić information content (AvgIpc) is 2.95. The molecule has 0 spiro atoms. The summed E-state index contributed by atoms with van der Waals surface area (Å²) < 4.78 is 11.2. The van der Waals surface area contributed by atoms with Gasteiger partial charge < -0.3 is 14.3 Å². The summed E-state index contributed by atoms with van der Waals surface area (Å²) in [5.74, 6) is 1.18. The Morgan fingerprint density at radius 1 is 1.16 bits per heavy atom. The second-order valence-corrected chi connectivity index (χ2v) is 16.1. The van der Waals surface area contributed by atoms with Crippen LogP contribution in [0.1, 0.15) is 71.3 Å². The van der Waals surface area contributed by atoms with Crippen LogP contribution in [0.15, 0.2) is 36.4 Å². The molecule has 2 saturated carbocycles. The summed E-state index contributed by atoms with van der Waals surface area (Å²) in [5, 5.41) is 11.8. The molecule has 4 nitrogen and oxygen atoms in total. The summed E-state index contributed by atoms with van der Waals surface area (Å²) in [4.78, 5) is 11.5. The summed E-state index contributed by atoms with van der Waals surface area (Å²) in [7, 11) is -0.452. The lowest BCUT2D eigenvalue weighted by Gasteiger charge is -2.49. The maximum Gasteiger partial charge on any atom is 0.330 e. The SMILES string of the molecule is COC(=O)/C=C/[C@H]1CC[C@]2(O)C[C@@H](c3ccc(O[Si](C)(C)C(C)(C)C)cc3)CC[C@]12C. The van der Waals surface area contributed by atoms with Crippen LogP contribution in [0.2, 0.25) is 18.1 Å². The smallest absolute Gasteiger partial charge is 0.330 e. The number of aliphatic hydroxyl groups is 1. The molecular formula is C26H40O4Si. The van der Waals surface area contributed by atoms with Crippen LogP contribution >= 0.6 is 0 Å². The van der Waals surface area contributed by atoms with Gasteiger partial charge in [-0.05, 0) is 79.8 Å². The number of carbonyl (C=O) groups excluding carboxylic acids is 1. The Kier molecular flexibility index (Phi) is 6.52. The fourth-order valence-corrected chi connectivity index (χ4v) is 6.22. The summed E-state index contributed by atoms with van der Waals surface area (Å²) >= 11 is 0. The molecule has 2 aliphatic carbocycles. The zero-order valence-corrected chi connectivity index (χ0v) is 21.3. The second-order valence-electron chi connectivity index (χ2n) is 11.3. The largest absolute Gasteiger partial charge is 0.544 e. The molecule has 2 aliphatic rings. The minimum atomic E-state index is -1.85. The van der Waals surface area contributed by atoms with E-state index in [1.807, 2.05) is 6.08 Å². The molecular weight excluding hydrogens is 404 g/mol. The van der Waals surface area contributed by atoms with Gasteiger partial charge in [0.05, 0.1) is 12.7 Å². The molecule has 0 amide bonds. The van der Waals surface area contributed by atoms with Gasteiger partial charge in [0.25, 0.3) is 0 Å². The fraction of sp³-hybridized carbons (Fsp3) is 0.654. The molecule has 1 N–H and O–H groups in total. The molecule has 2 fully saturated rings. The van der Waals surface area contributed by atoms with E-state index in [0.717, 1.165) is 37.9 Å². The number of methoxy groups -OCH3 is 1. The minimum Gasteiger partial charge on any atom is -0.544 e.